The molecule has 0 aliphatic carbocycles. The van der Waals surface area contributed by atoms with Crippen LogP contribution in [0.4, 0.5) is 16.3 Å². The van der Waals surface area contributed by atoms with E-state index in [9.17, 15) is 14.4 Å². The number of rotatable bonds is 7. The molecule has 0 saturated carbocycles. The van der Waals surface area contributed by atoms with Crippen LogP contribution in [0.1, 0.15) is 63.0 Å². The largest absolute Gasteiger partial charge is 0.369 e. The highest BCUT2D eigenvalue weighted by Crippen LogP contribution is 2.48. The smallest absolute Gasteiger partial charge is 0.323 e. The average Bonchev–Trinajstić information content (AvgIpc) is 3.34. The number of piperazine rings is 1. The Labute approximate surface area is 271 Å². The number of urea groups is 1. The molecule has 3 saturated heterocycles. The molecule has 1 aromatic heterocycles. The van der Waals surface area contributed by atoms with E-state index in [0.717, 1.165) is 51.0 Å². The van der Waals surface area contributed by atoms with Crippen molar-refractivity contribution in [2.45, 2.75) is 69.7 Å². The lowest BCUT2D eigenvalue weighted by Crippen LogP contribution is -2.51. The number of carbonyl (C=O) groups excluding carboxylic acids is 3. The predicted octanol–water partition coefficient (Wildman–Crippen LogP) is 4.64. The van der Waals surface area contributed by atoms with Gasteiger partial charge < -0.3 is 24.5 Å². The predicted molar refractivity (Wildman–Crippen MR) is 179 cm³/mol. The quantitative estimate of drug-likeness (QED) is 0.475. The maximum Gasteiger partial charge on any atom is 0.323 e. The first-order chi connectivity index (χ1) is 21.6. The Bertz CT molecular complexity index is 1400. The van der Waals surface area contributed by atoms with Gasteiger partial charge in [-0.15, -0.1) is 11.8 Å². The van der Waals surface area contributed by atoms with Crippen LogP contribution in [0.5, 0.6) is 0 Å². The molecule has 242 valence electrons. The van der Waals surface area contributed by atoms with Gasteiger partial charge in [-0.05, 0) is 43.9 Å². The standard InChI is InChI=1S/C34H47N7O3S/c1-34(2,3)13-17-40-31(43)28(45-32(40)26-9-5-6-10-27(26)38-20-18-37(4)19-21-38)22-29(42)39-15-11-25(12-16-39)41-23-24-8-7-14-35-30(24)36-33(41)44/h5-10,14,25,28,32H,11-13,15-23H2,1-4H3,(H,35,36,44). The highest BCUT2D eigenvalue weighted by molar-refractivity contribution is 8.01. The number of fused-ring (bicyclic) bond motifs is 1. The lowest BCUT2D eigenvalue weighted by atomic mass is 9.92. The topological polar surface area (TPSA) is 92.3 Å². The van der Waals surface area contributed by atoms with Gasteiger partial charge in [0.05, 0.1) is 11.8 Å². The number of carbonyl (C=O) groups is 3. The molecule has 1 N–H and O–H groups in total. The lowest BCUT2D eigenvalue weighted by Gasteiger charge is -2.40. The van der Waals surface area contributed by atoms with Gasteiger partial charge in [0.25, 0.3) is 0 Å². The Balaban J connectivity index is 1.12. The van der Waals surface area contributed by atoms with Crippen molar-refractivity contribution in [1.29, 1.82) is 0 Å². The van der Waals surface area contributed by atoms with E-state index in [1.165, 1.54) is 11.3 Å². The molecule has 2 atom stereocenters. The summed E-state index contributed by atoms with van der Waals surface area (Å²) >= 11 is 1.64. The first-order valence-electron chi connectivity index (χ1n) is 16.3. The molecule has 5 heterocycles. The molecule has 2 unspecified atom stereocenters. The fourth-order valence-corrected chi connectivity index (χ4v) is 8.30. The number of likely N-dealkylation sites (N-methyl/N-ethyl adjacent to an activating group) is 1. The monoisotopic (exact) mass is 633 g/mol. The van der Waals surface area contributed by atoms with Crippen molar-refractivity contribution in [2.75, 3.05) is 63.1 Å². The number of benzene rings is 1. The zero-order chi connectivity index (χ0) is 31.7. The van der Waals surface area contributed by atoms with Crippen LogP contribution < -0.4 is 10.2 Å². The van der Waals surface area contributed by atoms with Gasteiger partial charge in [-0.1, -0.05) is 45.0 Å². The Hall–Kier alpha value is -3.31. The fraction of sp³-hybridized carbons (Fsp3) is 0.588. The Morgan fingerprint density at radius 3 is 2.47 bits per heavy atom. The van der Waals surface area contributed by atoms with Crippen LogP contribution in [-0.2, 0) is 16.1 Å². The Morgan fingerprint density at radius 2 is 1.73 bits per heavy atom. The molecule has 1 aromatic carbocycles. The maximum absolute atomic E-state index is 14.0. The number of anilines is 2. The summed E-state index contributed by atoms with van der Waals surface area (Å²) < 4.78 is 0. The van der Waals surface area contributed by atoms with Crippen LogP contribution in [0.25, 0.3) is 0 Å². The number of para-hydroxylation sites is 1. The van der Waals surface area contributed by atoms with E-state index in [-0.39, 0.29) is 41.1 Å². The Morgan fingerprint density at radius 1 is 1.00 bits per heavy atom. The van der Waals surface area contributed by atoms with Gasteiger partial charge in [-0.3, -0.25) is 14.9 Å². The van der Waals surface area contributed by atoms with Crippen molar-refractivity contribution >= 4 is 41.1 Å². The van der Waals surface area contributed by atoms with Crippen LogP contribution in [0.2, 0.25) is 0 Å². The van der Waals surface area contributed by atoms with E-state index in [2.05, 4.69) is 72.2 Å². The number of amides is 4. The van der Waals surface area contributed by atoms with Crippen molar-refractivity contribution in [1.82, 2.24) is 24.6 Å². The van der Waals surface area contributed by atoms with Crippen molar-refractivity contribution < 1.29 is 14.4 Å². The summed E-state index contributed by atoms with van der Waals surface area (Å²) in [5.41, 5.74) is 3.47. The Kier molecular flexibility index (Phi) is 9.29. The third kappa shape index (κ3) is 7.09. The molecule has 10 nitrogen and oxygen atoms in total. The maximum atomic E-state index is 14.0. The summed E-state index contributed by atoms with van der Waals surface area (Å²) in [5.74, 6) is 0.731. The van der Waals surface area contributed by atoms with Crippen LogP contribution in [0.3, 0.4) is 0 Å². The van der Waals surface area contributed by atoms with Gasteiger partial charge in [0, 0.05) is 81.3 Å². The molecule has 0 bridgehead atoms. The minimum Gasteiger partial charge on any atom is -0.369 e. The minimum atomic E-state index is -0.405. The van der Waals surface area contributed by atoms with E-state index in [0.29, 0.717) is 32.0 Å². The van der Waals surface area contributed by atoms with Gasteiger partial charge in [0.1, 0.15) is 11.2 Å². The highest BCUT2D eigenvalue weighted by Gasteiger charge is 2.44. The second kappa shape index (κ2) is 13.2. The number of piperidine rings is 1. The molecular formula is C34H47N7O3S. The minimum absolute atomic E-state index is 0.0284. The normalized spacial score (nSPS) is 23.4. The molecule has 4 aliphatic rings. The van der Waals surface area contributed by atoms with E-state index in [1.807, 2.05) is 26.8 Å². The molecule has 11 heteroatoms. The third-order valence-electron chi connectivity index (χ3n) is 9.62. The zero-order valence-electron chi connectivity index (χ0n) is 27.1. The molecule has 4 aliphatic heterocycles. The van der Waals surface area contributed by atoms with Gasteiger partial charge in [-0.25, -0.2) is 9.78 Å². The number of hydrogen-bond donors (Lipinski definition) is 1. The second-order valence-corrected chi connectivity index (χ2v) is 15.3. The number of likely N-dealkylation sites (tertiary alicyclic amines) is 1. The summed E-state index contributed by atoms with van der Waals surface area (Å²) in [6.45, 7) is 12.9. The van der Waals surface area contributed by atoms with E-state index in [4.69, 9.17) is 0 Å². The average molecular weight is 634 g/mol. The summed E-state index contributed by atoms with van der Waals surface area (Å²) in [6.07, 6.45) is 4.23. The van der Waals surface area contributed by atoms with Gasteiger partial charge in [0.2, 0.25) is 11.8 Å². The molecule has 3 fully saturated rings. The second-order valence-electron chi connectivity index (χ2n) is 14.1. The summed E-state index contributed by atoms with van der Waals surface area (Å²) in [7, 11) is 2.16. The van der Waals surface area contributed by atoms with Crippen molar-refractivity contribution in [3.05, 3.63) is 53.7 Å². The molecule has 0 spiro atoms. The fourth-order valence-electron chi connectivity index (χ4n) is 6.80. The summed E-state index contributed by atoms with van der Waals surface area (Å²) in [6, 6.07) is 12.3. The number of nitrogens with one attached hydrogen (secondary N) is 1. The van der Waals surface area contributed by atoms with Crippen LogP contribution >= 0.6 is 11.8 Å². The van der Waals surface area contributed by atoms with Crippen LogP contribution in [0, 0.1) is 5.41 Å². The molecule has 2 aromatic rings. The summed E-state index contributed by atoms with van der Waals surface area (Å²) in [4.78, 5) is 55.4. The zero-order valence-corrected chi connectivity index (χ0v) is 27.9. The lowest BCUT2D eigenvalue weighted by molar-refractivity contribution is -0.137. The number of aromatic nitrogens is 1. The molecule has 45 heavy (non-hydrogen) atoms. The number of hydrogen-bond acceptors (Lipinski definition) is 7. The first kappa shape index (κ1) is 31.7. The third-order valence-corrected chi connectivity index (χ3v) is 11.1. The SMILES string of the molecule is CN1CCN(c2ccccc2C2SC(CC(=O)N3CCC(N4Cc5cccnc5NC4=O)CC3)C(=O)N2CCC(C)(C)C)CC1. The molecular weight excluding hydrogens is 586 g/mol. The number of nitrogens with zero attached hydrogens (tertiary/aromatic N) is 6. The summed E-state index contributed by atoms with van der Waals surface area (Å²) in [5, 5.41) is 2.39. The molecule has 6 rings (SSSR count). The number of thioether (sulfide) groups is 1. The van der Waals surface area contributed by atoms with Crippen molar-refractivity contribution in [3.63, 3.8) is 0 Å². The van der Waals surface area contributed by atoms with Gasteiger partial charge in [0.15, 0.2) is 0 Å². The molecule has 0 radical (unpaired) electrons. The molecule has 4 amide bonds. The van der Waals surface area contributed by atoms with Crippen molar-refractivity contribution in [3.8, 4) is 0 Å². The van der Waals surface area contributed by atoms with Crippen LogP contribution in [-0.4, -0.2) is 107 Å². The van der Waals surface area contributed by atoms with E-state index in [1.54, 1.807) is 18.0 Å². The van der Waals surface area contributed by atoms with E-state index < -0.39 is 5.25 Å². The van der Waals surface area contributed by atoms with E-state index >= 15 is 0 Å². The van der Waals surface area contributed by atoms with Gasteiger partial charge >= 0.3 is 6.03 Å². The van der Waals surface area contributed by atoms with Crippen molar-refractivity contribution in [2.24, 2.45) is 5.41 Å². The first-order valence-corrected chi connectivity index (χ1v) is 17.3. The van der Waals surface area contributed by atoms with Gasteiger partial charge in [-0.2, -0.15) is 0 Å². The highest BCUT2D eigenvalue weighted by atomic mass is 32.2. The number of pyridine rings is 1. The van der Waals surface area contributed by atoms with Crippen LogP contribution in [0.15, 0.2) is 42.6 Å².